The number of hydrogen-bond acceptors (Lipinski definition) is 5. The van der Waals surface area contributed by atoms with Crippen LogP contribution in [-0.4, -0.2) is 66.8 Å². The molecule has 0 radical (unpaired) electrons. The highest BCUT2D eigenvalue weighted by molar-refractivity contribution is 6.09. The van der Waals surface area contributed by atoms with Crippen LogP contribution < -0.4 is 5.32 Å². The quantitative estimate of drug-likeness (QED) is 0.770. The van der Waals surface area contributed by atoms with Gasteiger partial charge in [0.2, 0.25) is 5.91 Å². The fraction of sp³-hybridized carbons (Fsp3) is 0.571. The lowest BCUT2D eigenvalue weighted by molar-refractivity contribution is -0.142. The van der Waals surface area contributed by atoms with Crippen LogP contribution >= 0.6 is 0 Å². The topological polar surface area (TPSA) is 88.2 Å². The highest BCUT2D eigenvalue weighted by atomic mass is 16.7. The van der Waals surface area contributed by atoms with Crippen molar-refractivity contribution in [3.05, 3.63) is 35.4 Å². The van der Waals surface area contributed by atoms with Crippen LogP contribution in [0.3, 0.4) is 0 Å². The number of rotatable bonds is 4. The van der Waals surface area contributed by atoms with Gasteiger partial charge < -0.3 is 19.7 Å². The number of hydrogen-bond donors (Lipinski definition) is 1. The van der Waals surface area contributed by atoms with Gasteiger partial charge in [0.25, 0.3) is 5.91 Å². The van der Waals surface area contributed by atoms with Crippen LogP contribution in [-0.2, 0) is 24.6 Å². The van der Waals surface area contributed by atoms with E-state index < -0.39 is 17.5 Å². The van der Waals surface area contributed by atoms with Gasteiger partial charge >= 0.3 is 6.03 Å². The highest BCUT2D eigenvalue weighted by Crippen LogP contribution is 2.30. The molecule has 1 N–H and O–H groups in total. The van der Waals surface area contributed by atoms with Crippen molar-refractivity contribution in [2.24, 2.45) is 5.92 Å². The van der Waals surface area contributed by atoms with Crippen LogP contribution in [0, 0.1) is 12.8 Å². The van der Waals surface area contributed by atoms with E-state index >= 15 is 0 Å². The summed E-state index contributed by atoms with van der Waals surface area (Å²) in [5.41, 5.74) is 0.613. The van der Waals surface area contributed by atoms with Crippen LogP contribution in [0.2, 0.25) is 0 Å². The van der Waals surface area contributed by atoms with Crippen molar-refractivity contribution in [3.8, 4) is 0 Å². The Kier molecular flexibility index (Phi) is 5.31. The van der Waals surface area contributed by atoms with Gasteiger partial charge in [-0.15, -0.1) is 0 Å². The Bertz CT molecular complexity index is 797. The molecular formula is C21H27N3O5. The second-order valence-corrected chi connectivity index (χ2v) is 8.14. The number of imide groups is 1. The average Bonchev–Trinajstić information content (AvgIpc) is 3.32. The SMILES string of the molecule is Cc1ccc(C2(C)NC(=O)N(CC(=O)N3CCC(C4OCCO4)CC3)C2=O)cc1. The van der Waals surface area contributed by atoms with Gasteiger partial charge in [0.05, 0.1) is 13.2 Å². The third kappa shape index (κ3) is 3.74. The number of aryl methyl sites for hydroxylation is 1. The molecule has 1 atom stereocenters. The summed E-state index contributed by atoms with van der Waals surface area (Å²) in [4.78, 5) is 41.0. The van der Waals surface area contributed by atoms with Crippen LogP contribution in [0.4, 0.5) is 4.79 Å². The minimum atomic E-state index is -1.16. The molecule has 4 amide bonds. The fourth-order valence-electron chi connectivity index (χ4n) is 4.23. The van der Waals surface area contributed by atoms with Crippen LogP contribution in [0.15, 0.2) is 24.3 Å². The molecular weight excluding hydrogens is 374 g/mol. The number of ether oxygens (including phenoxy) is 2. The number of carbonyl (C=O) groups excluding carboxylic acids is 3. The molecule has 3 aliphatic heterocycles. The van der Waals surface area contributed by atoms with E-state index in [1.165, 1.54) is 0 Å². The van der Waals surface area contributed by atoms with Gasteiger partial charge in [0.15, 0.2) is 6.29 Å². The van der Waals surface area contributed by atoms with Crippen molar-refractivity contribution < 1.29 is 23.9 Å². The molecule has 1 aromatic carbocycles. The molecule has 0 aliphatic carbocycles. The summed E-state index contributed by atoms with van der Waals surface area (Å²) >= 11 is 0. The van der Waals surface area contributed by atoms with Gasteiger partial charge in [-0.3, -0.25) is 14.5 Å². The highest BCUT2D eigenvalue weighted by Gasteiger charge is 2.49. The van der Waals surface area contributed by atoms with E-state index in [4.69, 9.17) is 9.47 Å². The predicted octanol–water partition coefficient (Wildman–Crippen LogP) is 1.37. The third-order valence-electron chi connectivity index (χ3n) is 6.12. The maximum absolute atomic E-state index is 13.0. The normalized spacial score (nSPS) is 26.3. The maximum atomic E-state index is 13.0. The maximum Gasteiger partial charge on any atom is 0.325 e. The van der Waals surface area contributed by atoms with Crippen LogP contribution in [0.25, 0.3) is 0 Å². The fourth-order valence-corrected chi connectivity index (χ4v) is 4.23. The minimum Gasteiger partial charge on any atom is -0.350 e. The molecule has 8 nitrogen and oxygen atoms in total. The molecule has 3 saturated heterocycles. The van der Waals surface area contributed by atoms with Gasteiger partial charge in [-0.2, -0.15) is 0 Å². The molecule has 3 heterocycles. The molecule has 8 heteroatoms. The van der Waals surface area contributed by atoms with E-state index in [2.05, 4.69) is 5.32 Å². The summed E-state index contributed by atoms with van der Waals surface area (Å²) in [5, 5.41) is 2.75. The van der Waals surface area contributed by atoms with Crippen molar-refractivity contribution in [2.45, 2.75) is 38.5 Å². The molecule has 3 aliphatic rings. The molecule has 4 rings (SSSR count). The van der Waals surface area contributed by atoms with Crippen LogP contribution in [0.1, 0.15) is 30.9 Å². The molecule has 1 unspecified atom stereocenters. The van der Waals surface area contributed by atoms with E-state index in [9.17, 15) is 14.4 Å². The van der Waals surface area contributed by atoms with Gasteiger partial charge in [0.1, 0.15) is 12.1 Å². The number of nitrogens with zero attached hydrogens (tertiary/aromatic N) is 2. The summed E-state index contributed by atoms with van der Waals surface area (Å²) < 4.78 is 11.1. The Balaban J connectivity index is 1.37. The summed E-state index contributed by atoms with van der Waals surface area (Å²) in [7, 11) is 0. The van der Waals surface area contributed by atoms with Crippen LogP contribution in [0.5, 0.6) is 0 Å². The van der Waals surface area contributed by atoms with Crippen molar-refractivity contribution >= 4 is 17.8 Å². The number of piperidine rings is 1. The minimum absolute atomic E-state index is 0.173. The first-order chi connectivity index (χ1) is 13.9. The first-order valence-corrected chi connectivity index (χ1v) is 10.1. The predicted molar refractivity (Wildman–Crippen MR) is 104 cm³/mol. The third-order valence-corrected chi connectivity index (χ3v) is 6.12. The summed E-state index contributed by atoms with van der Waals surface area (Å²) in [6.45, 7) is 5.78. The zero-order valence-corrected chi connectivity index (χ0v) is 16.8. The first-order valence-electron chi connectivity index (χ1n) is 10.1. The van der Waals surface area contributed by atoms with Gasteiger partial charge in [0, 0.05) is 19.0 Å². The number of amides is 4. The van der Waals surface area contributed by atoms with E-state index in [-0.39, 0.29) is 24.7 Å². The molecule has 0 saturated carbocycles. The Morgan fingerprint density at radius 2 is 1.76 bits per heavy atom. The molecule has 29 heavy (non-hydrogen) atoms. The summed E-state index contributed by atoms with van der Waals surface area (Å²) in [6.07, 6.45) is 1.41. The average molecular weight is 401 g/mol. The number of carbonyl (C=O) groups is 3. The molecule has 1 aromatic rings. The van der Waals surface area contributed by atoms with Crippen molar-refractivity contribution in [3.63, 3.8) is 0 Å². The second kappa shape index (κ2) is 7.76. The van der Waals surface area contributed by atoms with Crippen molar-refractivity contribution in [1.82, 2.24) is 15.1 Å². The number of likely N-dealkylation sites (tertiary alicyclic amines) is 1. The molecule has 3 fully saturated rings. The molecule has 0 aromatic heterocycles. The Morgan fingerprint density at radius 3 is 2.38 bits per heavy atom. The molecule has 0 spiro atoms. The van der Waals surface area contributed by atoms with Crippen molar-refractivity contribution in [2.75, 3.05) is 32.8 Å². The number of nitrogens with one attached hydrogen (secondary N) is 1. The van der Waals surface area contributed by atoms with E-state index in [1.54, 1.807) is 11.8 Å². The molecule has 156 valence electrons. The van der Waals surface area contributed by atoms with Gasteiger partial charge in [-0.25, -0.2) is 4.79 Å². The smallest absolute Gasteiger partial charge is 0.325 e. The van der Waals surface area contributed by atoms with Gasteiger partial charge in [-0.1, -0.05) is 29.8 Å². The largest absolute Gasteiger partial charge is 0.350 e. The van der Waals surface area contributed by atoms with Crippen molar-refractivity contribution in [1.29, 1.82) is 0 Å². The van der Waals surface area contributed by atoms with Gasteiger partial charge in [-0.05, 0) is 32.3 Å². The lowest BCUT2D eigenvalue weighted by Crippen LogP contribution is -2.47. The zero-order valence-electron chi connectivity index (χ0n) is 16.8. The standard InChI is InChI=1S/C21H27N3O5/c1-14-3-5-16(6-4-14)21(2)19(26)24(20(27)22-21)13-17(25)23-9-7-15(8-10-23)18-28-11-12-29-18/h3-6,15,18H,7-13H2,1-2H3,(H,22,27). The second-order valence-electron chi connectivity index (χ2n) is 8.14. The first kappa shape index (κ1) is 19.8. The lowest BCUT2D eigenvalue weighted by atomic mass is 9.91. The Hall–Kier alpha value is -2.45. The lowest BCUT2D eigenvalue weighted by Gasteiger charge is -2.34. The number of benzene rings is 1. The van der Waals surface area contributed by atoms with E-state index in [0.717, 1.165) is 23.3 Å². The molecule has 0 bridgehead atoms. The number of urea groups is 1. The Morgan fingerprint density at radius 1 is 1.14 bits per heavy atom. The summed E-state index contributed by atoms with van der Waals surface area (Å²) in [5.74, 6) is -0.334. The Labute approximate surface area is 170 Å². The van der Waals surface area contributed by atoms with E-state index in [0.29, 0.717) is 31.9 Å². The zero-order chi connectivity index (χ0) is 20.6. The monoisotopic (exact) mass is 401 g/mol. The summed E-state index contributed by atoms with van der Waals surface area (Å²) in [6, 6.07) is 6.92. The van der Waals surface area contributed by atoms with E-state index in [1.807, 2.05) is 31.2 Å².